The number of rotatable bonds is 2. The van der Waals surface area contributed by atoms with Crippen LogP contribution in [0.5, 0.6) is 0 Å². The minimum Gasteiger partial charge on any atom is -0.465 e. The van der Waals surface area contributed by atoms with E-state index in [0.717, 1.165) is 16.7 Å². The summed E-state index contributed by atoms with van der Waals surface area (Å²) in [6.07, 6.45) is 4.04. The van der Waals surface area contributed by atoms with Crippen LogP contribution in [0.3, 0.4) is 0 Å². The molecule has 0 saturated heterocycles. The normalized spacial score (nSPS) is 16.8. The first-order valence-corrected chi connectivity index (χ1v) is 7.31. The predicted molar refractivity (Wildman–Crippen MR) is 87.1 cm³/mol. The summed E-state index contributed by atoms with van der Waals surface area (Å²) in [4.78, 5) is 8.38. The van der Waals surface area contributed by atoms with Gasteiger partial charge >= 0.3 is 0 Å². The Bertz CT molecular complexity index is 821. The zero-order chi connectivity index (χ0) is 16.2. The van der Waals surface area contributed by atoms with Gasteiger partial charge in [0.25, 0.3) is 6.02 Å². The van der Waals surface area contributed by atoms with Crippen molar-refractivity contribution in [3.63, 3.8) is 0 Å². The number of pyridine rings is 1. The van der Waals surface area contributed by atoms with E-state index in [1.54, 1.807) is 31.5 Å². The predicted octanol–water partition coefficient (Wildman–Crippen LogP) is 3.04. The smallest absolute Gasteiger partial charge is 0.282 e. The van der Waals surface area contributed by atoms with Gasteiger partial charge in [-0.2, -0.15) is 0 Å². The Balaban J connectivity index is 2.01. The molecule has 1 unspecified atom stereocenters. The van der Waals surface area contributed by atoms with E-state index >= 15 is 0 Å². The number of aliphatic imine (C=N–C) groups is 1. The lowest BCUT2D eigenvalue weighted by atomic mass is 9.97. The van der Waals surface area contributed by atoms with Gasteiger partial charge in [0.05, 0.1) is 12.6 Å². The average molecular weight is 309 g/mol. The standard InChI is InChI=1S/C18H16FN3O/c1-2-3-12-8-14(11-21-10-12)13-4-5-16(19)15(9-13)17-6-7-23-18(20)22-17/h4-5,8-11,17H,6-7H2,1H3,(H2,20,22). The number of nitrogens with zero attached hydrogens (tertiary/aromatic N) is 2. The molecule has 1 aromatic heterocycles. The second-order valence-corrected chi connectivity index (χ2v) is 5.19. The molecule has 2 N–H and O–H groups in total. The summed E-state index contributed by atoms with van der Waals surface area (Å²) in [5, 5.41) is 0. The van der Waals surface area contributed by atoms with Crippen LogP contribution in [0.25, 0.3) is 11.1 Å². The highest BCUT2D eigenvalue weighted by Gasteiger charge is 2.20. The van der Waals surface area contributed by atoms with E-state index in [2.05, 4.69) is 21.8 Å². The molecule has 5 heteroatoms. The fourth-order valence-corrected chi connectivity index (χ4v) is 2.54. The van der Waals surface area contributed by atoms with Gasteiger partial charge in [0, 0.05) is 35.5 Å². The van der Waals surface area contributed by atoms with E-state index in [0.29, 0.717) is 18.6 Å². The lowest BCUT2D eigenvalue weighted by molar-refractivity contribution is 0.255. The Morgan fingerprint density at radius 3 is 2.91 bits per heavy atom. The molecular weight excluding hydrogens is 293 g/mol. The lowest BCUT2D eigenvalue weighted by Gasteiger charge is -2.20. The molecule has 1 aliphatic rings. The lowest BCUT2D eigenvalue weighted by Crippen LogP contribution is -2.24. The molecule has 0 amide bonds. The van der Waals surface area contributed by atoms with Crippen LogP contribution in [-0.4, -0.2) is 17.6 Å². The third kappa shape index (κ3) is 3.32. The van der Waals surface area contributed by atoms with Gasteiger partial charge in [0.15, 0.2) is 0 Å². The second kappa shape index (κ2) is 6.49. The van der Waals surface area contributed by atoms with Crippen LogP contribution in [0.2, 0.25) is 0 Å². The van der Waals surface area contributed by atoms with Crippen molar-refractivity contribution < 1.29 is 9.13 Å². The molecule has 1 atom stereocenters. The average Bonchev–Trinajstić information content (AvgIpc) is 2.56. The van der Waals surface area contributed by atoms with Crippen LogP contribution >= 0.6 is 0 Å². The number of hydrogen-bond donors (Lipinski definition) is 1. The Morgan fingerprint density at radius 1 is 1.26 bits per heavy atom. The van der Waals surface area contributed by atoms with E-state index in [4.69, 9.17) is 10.5 Å². The third-order valence-electron chi connectivity index (χ3n) is 3.62. The maximum Gasteiger partial charge on any atom is 0.282 e. The first-order valence-electron chi connectivity index (χ1n) is 7.31. The molecule has 1 aliphatic heterocycles. The van der Waals surface area contributed by atoms with Gasteiger partial charge < -0.3 is 10.5 Å². The summed E-state index contributed by atoms with van der Waals surface area (Å²) in [5.74, 6) is 5.52. The summed E-state index contributed by atoms with van der Waals surface area (Å²) in [7, 11) is 0. The zero-order valence-electron chi connectivity index (χ0n) is 12.7. The maximum absolute atomic E-state index is 14.2. The van der Waals surface area contributed by atoms with E-state index in [9.17, 15) is 4.39 Å². The van der Waals surface area contributed by atoms with Gasteiger partial charge in [0.2, 0.25) is 0 Å². The largest absolute Gasteiger partial charge is 0.465 e. The molecule has 3 rings (SSSR count). The number of hydrogen-bond acceptors (Lipinski definition) is 4. The molecule has 0 radical (unpaired) electrons. The van der Waals surface area contributed by atoms with Crippen LogP contribution in [0.4, 0.5) is 4.39 Å². The summed E-state index contributed by atoms with van der Waals surface area (Å²) in [5.41, 5.74) is 8.69. The SMILES string of the molecule is CC#Cc1cncc(-c2ccc(F)c(C3CCOC(N)=N3)c2)c1. The zero-order valence-corrected chi connectivity index (χ0v) is 12.7. The Hall–Kier alpha value is -2.87. The van der Waals surface area contributed by atoms with Gasteiger partial charge in [-0.25, -0.2) is 9.38 Å². The molecule has 2 heterocycles. The molecule has 0 aliphatic carbocycles. The van der Waals surface area contributed by atoms with Gasteiger partial charge in [-0.1, -0.05) is 12.0 Å². The third-order valence-corrected chi connectivity index (χ3v) is 3.62. The monoisotopic (exact) mass is 309 g/mol. The molecule has 0 saturated carbocycles. The van der Waals surface area contributed by atoms with Gasteiger partial charge in [-0.15, -0.1) is 5.92 Å². The molecule has 0 bridgehead atoms. The Kier molecular flexibility index (Phi) is 4.24. The number of ether oxygens (including phenoxy) is 1. The minimum atomic E-state index is -0.324. The van der Waals surface area contributed by atoms with Gasteiger partial charge in [-0.3, -0.25) is 4.98 Å². The summed E-state index contributed by atoms with van der Waals surface area (Å²) >= 11 is 0. The van der Waals surface area contributed by atoms with Crippen LogP contribution in [0.1, 0.15) is 30.5 Å². The van der Waals surface area contributed by atoms with E-state index in [1.165, 1.54) is 6.07 Å². The van der Waals surface area contributed by atoms with Crippen molar-refractivity contribution in [2.45, 2.75) is 19.4 Å². The summed E-state index contributed by atoms with van der Waals surface area (Å²) in [6.45, 7) is 2.21. The van der Waals surface area contributed by atoms with E-state index in [1.807, 2.05) is 6.07 Å². The number of amidine groups is 1. The van der Waals surface area contributed by atoms with Crippen molar-refractivity contribution >= 4 is 6.02 Å². The maximum atomic E-state index is 14.2. The van der Waals surface area contributed by atoms with E-state index in [-0.39, 0.29) is 17.9 Å². The van der Waals surface area contributed by atoms with Crippen LogP contribution in [-0.2, 0) is 4.74 Å². The minimum absolute atomic E-state index is 0.105. The van der Waals surface area contributed by atoms with Crippen molar-refractivity contribution in [1.29, 1.82) is 0 Å². The molecule has 2 aromatic rings. The van der Waals surface area contributed by atoms with Crippen molar-refractivity contribution in [2.75, 3.05) is 6.61 Å². The van der Waals surface area contributed by atoms with E-state index < -0.39 is 0 Å². The van der Waals surface area contributed by atoms with Crippen LogP contribution < -0.4 is 5.73 Å². The number of halogens is 1. The first kappa shape index (κ1) is 15.0. The second-order valence-electron chi connectivity index (χ2n) is 5.19. The molecular formula is C18H16FN3O. The van der Waals surface area contributed by atoms with Crippen molar-refractivity contribution in [3.8, 4) is 23.0 Å². The quantitative estimate of drug-likeness (QED) is 0.867. The fraction of sp³-hybridized carbons (Fsp3) is 0.222. The Labute approximate surface area is 134 Å². The molecule has 23 heavy (non-hydrogen) atoms. The first-order chi connectivity index (χ1) is 11.2. The molecule has 0 fully saturated rings. The Morgan fingerprint density at radius 2 is 2.13 bits per heavy atom. The number of nitrogens with two attached hydrogens (primary N) is 1. The fourth-order valence-electron chi connectivity index (χ4n) is 2.54. The van der Waals surface area contributed by atoms with Crippen molar-refractivity contribution in [2.24, 2.45) is 10.7 Å². The van der Waals surface area contributed by atoms with Gasteiger partial charge in [0.1, 0.15) is 5.82 Å². The van der Waals surface area contributed by atoms with Crippen LogP contribution in [0, 0.1) is 17.7 Å². The van der Waals surface area contributed by atoms with Crippen molar-refractivity contribution in [1.82, 2.24) is 4.98 Å². The highest BCUT2D eigenvalue weighted by molar-refractivity contribution is 5.72. The number of benzene rings is 1. The highest BCUT2D eigenvalue weighted by Crippen LogP contribution is 2.30. The number of aromatic nitrogens is 1. The molecule has 4 nitrogen and oxygen atoms in total. The highest BCUT2D eigenvalue weighted by atomic mass is 19.1. The molecule has 116 valence electrons. The molecule has 0 spiro atoms. The summed E-state index contributed by atoms with van der Waals surface area (Å²) < 4.78 is 19.3. The topological polar surface area (TPSA) is 60.5 Å². The van der Waals surface area contributed by atoms with Crippen LogP contribution in [0.15, 0.2) is 41.7 Å². The van der Waals surface area contributed by atoms with Crippen molar-refractivity contribution in [3.05, 3.63) is 53.6 Å². The molecule has 1 aromatic carbocycles. The van der Waals surface area contributed by atoms with Gasteiger partial charge in [-0.05, 0) is 30.7 Å². The summed E-state index contributed by atoms with van der Waals surface area (Å²) in [6, 6.07) is 6.68.